The predicted octanol–water partition coefficient (Wildman–Crippen LogP) is 2.60. The number of nitrogens with one attached hydrogen (secondary N) is 1. The summed E-state index contributed by atoms with van der Waals surface area (Å²) in [6, 6.07) is 12.8. The van der Waals surface area contributed by atoms with Crippen LogP contribution in [0.15, 0.2) is 30.3 Å². The van der Waals surface area contributed by atoms with Gasteiger partial charge in [-0.2, -0.15) is 5.26 Å². The van der Waals surface area contributed by atoms with E-state index in [4.69, 9.17) is 0 Å². The zero-order valence-corrected chi connectivity index (χ0v) is 12.6. The summed E-state index contributed by atoms with van der Waals surface area (Å²) in [6.07, 6.45) is 0. The molecule has 0 amide bonds. The number of hydrogen-bond donors (Lipinski definition) is 1. The van der Waals surface area contributed by atoms with Gasteiger partial charge in [-0.15, -0.1) is 0 Å². The first-order valence-electron chi connectivity index (χ1n) is 6.82. The molecule has 0 aliphatic heterocycles. The van der Waals surface area contributed by atoms with Crippen molar-refractivity contribution in [3.63, 3.8) is 0 Å². The second kappa shape index (κ2) is 6.70. The first kappa shape index (κ1) is 15.7. The van der Waals surface area contributed by atoms with Crippen molar-refractivity contribution in [2.24, 2.45) is 5.92 Å². The second-order valence-corrected chi connectivity index (χ2v) is 5.53. The number of nitriles is 1. The quantitative estimate of drug-likeness (QED) is 0.853. The molecule has 0 heterocycles. The van der Waals surface area contributed by atoms with Gasteiger partial charge in [0.1, 0.15) is 5.54 Å². The minimum Gasteiger partial charge on any atom is -0.300 e. The highest BCUT2D eigenvalue weighted by molar-refractivity contribution is 5.31. The van der Waals surface area contributed by atoms with Crippen molar-refractivity contribution in [2.75, 3.05) is 20.6 Å². The third kappa shape index (κ3) is 3.56. The number of rotatable bonds is 6. The molecule has 0 bridgehead atoms. The molecule has 0 saturated carbocycles. The lowest BCUT2D eigenvalue weighted by Crippen LogP contribution is -2.50. The zero-order valence-electron chi connectivity index (χ0n) is 12.6. The molecule has 3 nitrogen and oxygen atoms in total. The molecule has 1 aromatic rings. The minimum absolute atomic E-state index is 0.435. The fraction of sp³-hybridized carbons (Fsp3) is 0.562. The molecule has 0 saturated heterocycles. The number of nitrogens with zero attached hydrogens (tertiary/aromatic N) is 2. The minimum atomic E-state index is -0.654. The van der Waals surface area contributed by atoms with Crippen LogP contribution in [0.3, 0.4) is 0 Å². The van der Waals surface area contributed by atoms with Crippen LogP contribution in [0.25, 0.3) is 0 Å². The Kier molecular flexibility index (Phi) is 5.53. The molecule has 1 aromatic carbocycles. The molecule has 3 heteroatoms. The average molecular weight is 259 g/mol. The summed E-state index contributed by atoms with van der Waals surface area (Å²) >= 11 is 0. The van der Waals surface area contributed by atoms with Crippen molar-refractivity contribution < 1.29 is 0 Å². The van der Waals surface area contributed by atoms with Gasteiger partial charge < -0.3 is 4.90 Å². The van der Waals surface area contributed by atoms with Crippen molar-refractivity contribution in [1.29, 1.82) is 5.26 Å². The van der Waals surface area contributed by atoms with Crippen molar-refractivity contribution in [1.82, 2.24) is 10.2 Å². The fourth-order valence-corrected chi connectivity index (χ4v) is 2.22. The van der Waals surface area contributed by atoms with E-state index >= 15 is 0 Å². The maximum atomic E-state index is 9.66. The smallest absolute Gasteiger partial charge is 0.144 e. The van der Waals surface area contributed by atoms with Gasteiger partial charge in [-0.05, 0) is 32.5 Å². The van der Waals surface area contributed by atoms with E-state index in [2.05, 4.69) is 44.1 Å². The van der Waals surface area contributed by atoms with Crippen molar-refractivity contribution >= 4 is 0 Å². The van der Waals surface area contributed by atoms with Crippen LogP contribution >= 0.6 is 0 Å². The molecule has 0 aliphatic carbocycles. The molecular weight excluding hydrogens is 234 g/mol. The lowest BCUT2D eigenvalue weighted by Gasteiger charge is -2.36. The predicted molar refractivity (Wildman–Crippen MR) is 79.7 cm³/mol. The Morgan fingerprint density at radius 2 is 1.84 bits per heavy atom. The van der Waals surface area contributed by atoms with Gasteiger partial charge in [0, 0.05) is 12.6 Å². The van der Waals surface area contributed by atoms with Crippen LogP contribution < -0.4 is 5.32 Å². The van der Waals surface area contributed by atoms with Gasteiger partial charge in [0.25, 0.3) is 0 Å². The Hall–Kier alpha value is -1.37. The van der Waals surface area contributed by atoms with E-state index in [-0.39, 0.29) is 0 Å². The number of benzene rings is 1. The van der Waals surface area contributed by atoms with Crippen LogP contribution in [0.2, 0.25) is 0 Å². The van der Waals surface area contributed by atoms with Gasteiger partial charge in [-0.3, -0.25) is 5.32 Å². The topological polar surface area (TPSA) is 39.1 Å². The first-order valence-corrected chi connectivity index (χ1v) is 6.82. The maximum Gasteiger partial charge on any atom is 0.144 e. The van der Waals surface area contributed by atoms with Gasteiger partial charge in [0.15, 0.2) is 0 Å². The van der Waals surface area contributed by atoms with Crippen molar-refractivity contribution in [2.45, 2.75) is 32.4 Å². The second-order valence-electron chi connectivity index (χ2n) is 5.53. The molecule has 2 unspecified atom stereocenters. The summed E-state index contributed by atoms with van der Waals surface area (Å²) in [5.74, 6) is 0.564. The highest BCUT2D eigenvalue weighted by atomic mass is 15.2. The monoisotopic (exact) mass is 259 g/mol. The van der Waals surface area contributed by atoms with Crippen LogP contribution in [-0.4, -0.2) is 31.6 Å². The Morgan fingerprint density at radius 1 is 1.26 bits per heavy atom. The zero-order chi connectivity index (χ0) is 14.5. The van der Waals surface area contributed by atoms with E-state index in [1.807, 2.05) is 37.4 Å². The molecule has 0 fully saturated rings. The Labute approximate surface area is 117 Å². The van der Waals surface area contributed by atoms with E-state index in [1.165, 1.54) is 0 Å². The van der Waals surface area contributed by atoms with Crippen LogP contribution in [0.5, 0.6) is 0 Å². The van der Waals surface area contributed by atoms with E-state index in [0.717, 1.165) is 5.56 Å². The Morgan fingerprint density at radius 3 is 2.26 bits per heavy atom. The molecule has 0 aromatic heterocycles. The van der Waals surface area contributed by atoms with Gasteiger partial charge in [0.05, 0.1) is 6.07 Å². The molecule has 104 valence electrons. The molecule has 1 rings (SSSR count). The largest absolute Gasteiger partial charge is 0.300 e. The number of likely N-dealkylation sites (N-methyl/N-ethyl adjacent to an activating group) is 2. The highest BCUT2D eigenvalue weighted by Gasteiger charge is 2.33. The molecule has 1 N–H and O–H groups in total. The summed E-state index contributed by atoms with van der Waals surface area (Å²) in [5.41, 5.74) is 0.363. The maximum absolute atomic E-state index is 9.66. The van der Waals surface area contributed by atoms with Gasteiger partial charge in [0.2, 0.25) is 0 Å². The Balaban J connectivity index is 2.99. The normalized spacial score (nSPS) is 16.1. The van der Waals surface area contributed by atoms with Crippen LogP contribution in [0.4, 0.5) is 0 Å². The van der Waals surface area contributed by atoms with Crippen LogP contribution in [-0.2, 0) is 5.54 Å². The van der Waals surface area contributed by atoms with E-state index < -0.39 is 5.54 Å². The lowest BCUT2D eigenvalue weighted by atomic mass is 9.90. The molecular formula is C16H25N3. The van der Waals surface area contributed by atoms with Crippen molar-refractivity contribution in [3.8, 4) is 6.07 Å². The molecule has 19 heavy (non-hydrogen) atoms. The van der Waals surface area contributed by atoms with E-state index in [0.29, 0.717) is 18.5 Å². The summed E-state index contributed by atoms with van der Waals surface area (Å²) in [5, 5.41) is 12.9. The molecule has 0 radical (unpaired) electrons. The van der Waals surface area contributed by atoms with E-state index in [9.17, 15) is 5.26 Å². The van der Waals surface area contributed by atoms with Gasteiger partial charge in [-0.1, -0.05) is 44.2 Å². The van der Waals surface area contributed by atoms with Crippen LogP contribution in [0.1, 0.15) is 26.3 Å². The van der Waals surface area contributed by atoms with Crippen LogP contribution in [0, 0.1) is 17.2 Å². The third-order valence-corrected chi connectivity index (χ3v) is 4.03. The van der Waals surface area contributed by atoms with Crippen molar-refractivity contribution in [3.05, 3.63) is 35.9 Å². The van der Waals surface area contributed by atoms with Gasteiger partial charge in [-0.25, -0.2) is 0 Å². The lowest BCUT2D eigenvalue weighted by molar-refractivity contribution is 0.170. The SMILES string of the molecule is CNC(C#N)(CN(C)C(C)C(C)C)c1ccccc1. The molecule has 2 atom stereocenters. The van der Waals surface area contributed by atoms with Gasteiger partial charge >= 0.3 is 0 Å². The van der Waals surface area contributed by atoms with E-state index in [1.54, 1.807) is 0 Å². The summed E-state index contributed by atoms with van der Waals surface area (Å²) in [6.45, 7) is 7.28. The standard InChI is InChI=1S/C16H25N3/c1-13(2)14(3)19(5)12-16(11-17,18-4)15-9-7-6-8-10-15/h6-10,13-14,18H,12H2,1-5H3. The average Bonchev–Trinajstić information content (AvgIpc) is 2.44. The highest BCUT2D eigenvalue weighted by Crippen LogP contribution is 2.23. The fourth-order valence-electron chi connectivity index (χ4n) is 2.22. The molecule has 0 spiro atoms. The first-order chi connectivity index (χ1) is 8.96. The molecule has 0 aliphatic rings. The summed E-state index contributed by atoms with van der Waals surface area (Å²) < 4.78 is 0. The summed E-state index contributed by atoms with van der Waals surface area (Å²) in [7, 11) is 3.93. The number of hydrogen-bond acceptors (Lipinski definition) is 3. The third-order valence-electron chi connectivity index (χ3n) is 4.03. The Bertz CT molecular complexity index is 421. The summed E-state index contributed by atoms with van der Waals surface area (Å²) in [4.78, 5) is 2.25.